The molecule has 0 spiro atoms. The fraction of sp³-hybridized carbons (Fsp3) is 0.333. The molecule has 0 atom stereocenters. The van der Waals surface area contributed by atoms with Crippen LogP contribution in [0.15, 0.2) is 17.0 Å². The number of nitriles is 1. The van der Waals surface area contributed by atoms with Gasteiger partial charge in [0.05, 0.1) is 17.7 Å². The molecule has 1 rings (SSSR count). The Balaban J connectivity index is 3.32. The van der Waals surface area contributed by atoms with Gasteiger partial charge in [0.2, 0.25) is 0 Å². The highest BCUT2D eigenvalue weighted by molar-refractivity contribution is 7.80. The molecular weight excluding hydrogens is 222 g/mol. The molecule has 0 unspecified atom stereocenters. The molecule has 0 radical (unpaired) electrons. The van der Waals surface area contributed by atoms with Crippen LogP contribution < -0.4 is 0 Å². The standard InChI is InChI=1S/C12H13NO2S/c1-3-8-5-9(16)6-10(11(8)7-13)12(14)15-4-2/h5-6,16H,3-4H2,1-2H3. The van der Waals surface area contributed by atoms with Gasteiger partial charge in [-0.2, -0.15) is 5.26 Å². The highest BCUT2D eigenvalue weighted by Crippen LogP contribution is 2.21. The molecule has 0 N–H and O–H groups in total. The number of hydrogen-bond donors (Lipinski definition) is 1. The van der Waals surface area contributed by atoms with Gasteiger partial charge in [0.15, 0.2) is 0 Å². The van der Waals surface area contributed by atoms with Crippen molar-refractivity contribution in [1.29, 1.82) is 5.26 Å². The topological polar surface area (TPSA) is 50.1 Å². The molecular formula is C12H13NO2S. The maximum Gasteiger partial charge on any atom is 0.339 e. The maximum atomic E-state index is 11.6. The van der Waals surface area contributed by atoms with Gasteiger partial charge in [0, 0.05) is 4.90 Å². The third kappa shape index (κ3) is 2.56. The lowest BCUT2D eigenvalue weighted by molar-refractivity contribution is 0.0525. The first-order valence-electron chi connectivity index (χ1n) is 5.07. The highest BCUT2D eigenvalue weighted by atomic mass is 32.1. The third-order valence-corrected chi connectivity index (χ3v) is 2.45. The Kier molecular flexibility index (Phi) is 4.39. The number of ether oxygens (including phenoxy) is 1. The van der Waals surface area contributed by atoms with Gasteiger partial charge in [0.25, 0.3) is 0 Å². The van der Waals surface area contributed by atoms with E-state index in [0.29, 0.717) is 29.1 Å². The van der Waals surface area contributed by atoms with Crippen molar-refractivity contribution in [3.63, 3.8) is 0 Å². The first-order valence-corrected chi connectivity index (χ1v) is 5.51. The first kappa shape index (κ1) is 12.6. The Morgan fingerprint density at radius 1 is 1.50 bits per heavy atom. The molecule has 0 aromatic heterocycles. The third-order valence-electron chi connectivity index (χ3n) is 2.19. The van der Waals surface area contributed by atoms with Gasteiger partial charge in [-0.3, -0.25) is 0 Å². The molecule has 16 heavy (non-hydrogen) atoms. The summed E-state index contributed by atoms with van der Waals surface area (Å²) in [6.45, 7) is 3.95. The van der Waals surface area contributed by atoms with Crippen molar-refractivity contribution in [3.05, 3.63) is 28.8 Å². The first-order chi connectivity index (χ1) is 7.63. The van der Waals surface area contributed by atoms with Crippen molar-refractivity contribution in [2.75, 3.05) is 6.61 Å². The van der Waals surface area contributed by atoms with Crippen LogP contribution in [0.1, 0.15) is 35.3 Å². The second-order valence-corrected chi connectivity index (χ2v) is 3.73. The predicted octanol–water partition coefficient (Wildman–Crippen LogP) is 2.59. The number of nitrogens with zero attached hydrogens (tertiary/aromatic N) is 1. The molecule has 0 amide bonds. The van der Waals surface area contributed by atoms with Crippen LogP contribution in [0.5, 0.6) is 0 Å². The average Bonchev–Trinajstić information content (AvgIpc) is 2.28. The summed E-state index contributed by atoms with van der Waals surface area (Å²) in [5, 5.41) is 9.06. The SMILES string of the molecule is CCOC(=O)c1cc(S)cc(CC)c1C#N. The lowest BCUT2D eigenvalue weighted by Gasteiger charge is -2.08. The Bertz CT molecular complexity index is 449. The van der Waals surface area contributed by atoms with Crippen molar-refractivity contribution in [1.82, 2.24) is 0 Å². The molecule has 0 saturated carbocycles. The summed E-state index contributed by atoms with van der Waals surface area (Å²) < 4.78 is 4.90. The summed E-state index contributed by atoms with van der Waals surface area (Å²) in [7, 11) is 0. The average molecular weight is 235 g/mol. The summed E-state index contributed by atoms with van der Waals surface area (Å²) in [5.41, 5.74) is 1.51. The van der Waals surface area contributed by atoms with Crippen LogP contribution in [-0.4, -0.2) is 12.6 Å². The fourth-order valence-electron chi connectivity index (χ4n) is 1.47. The van der Waals surface area contributed by atoms with Gasteiger partial charge in [-0.25, -0.2) is 4.79 Å². The van der Waals surface area contributed by atoms with Crippen LogP contribution in [0.3, 0.4) is 0 Å². The normalized spacial score (nSPS) is 9.62. The maximum absolute atomic E-state index is 11.6. The van der Waals surface area contributed by atoms with Gasteiger partial charge in [-0.15, -0.1) is 12.6 Å². The molecule has 3 nitrogen and oxygen atoms in total. The zero-order chi connectivity index (χ0) is 12.1. The molecule has 0 fully saturated rings. The second-order valence-electron chi connectivity index (χ2n) is 3.21. The van der Waals surface area contributed by atoms with Crippen LogP contribution in [0.25, 0.3) is 0 Å². The van der Waals surface area contributed by atoms with E-state index >= 15 is 0 Å². The van der Waals surface area contributed by atoms with E-state index in [1.54, 1.807) is 19.1 Å². The van der Waals surface area contributed by atoms with Crippen LogP contribution >= 0.6 is 12.6 Å². The molecule has 0 saturated heterocycles. The number of carbonyl (C=O) groups is 1. The number of carbonyl (C=O) groups excluding carboxylic acids is 1. The van der Waals surface area contributed by atoms with E-state index in [1.165, 1.54) is 0 Å². The van der Waals surface area contributed by atoms with E-state index in [9.17, 15) is 4.79 Å². The summed E-state index contributed by atoms with van der Waals surface area (Å²) in [6.07, 6.45) is 0.684. The quantitative estimate of drug-likeness (QED) is 0.647. The van der Waals surface area contributed by atoms with Gasteiger partial charge in [0.1, 0.15) is 6.07 Å². The molecule has 0 aliphatic carbocycles. The molecule has 0 aliphatic rings. The van der Waals surface area contributed by atoms with E-state index in [4.69, 9.17) is 10.00 Å². The van der Waals surface area contributed by atoms with E-state index in [1.807, 2.05) is 13.0 Å². The van der Waals surface area contributed by atoms with Crippen molar-refractivity contribution in [2.45, 2.75) is 25.2 Å². The molecule has 0 heterocycles. The van der Waals surface area contributed by atoms with Gasteiger partial charge in [-0.1, -0.05) is 6.92 Å². The summed E-state index contributed by atoms with van der Waals surface area (Å²) in [4.78, 5) is 12.3. The Labute approximate surface area is 100 Å². The van der Waals surface area contributed by atoms with E-state index in [-0.39, 0.29) is 0 Å². The number of esters is 1. The van der Waals surface area contributed by atoms with Crippen LogP contribution in [0, 0.1) is 11.3 Å². The summed E-state index contributed by atoms with van der Waals surface area (Å²) in [6, 6.07) is 5.41. The van der Waals surface area contributed by atoms with Gasteiger partial charge in [-0.05, 0) is 31.0 Å². The summed E-state index contributed by atoms with van der Waals surface area (Å²) in [5.74, 6) is -0.468. The number of benzene rings is 1. The zero-order valence-corrected chi connectivity index (χ0v) is 10.2. The van der Waals surface area contributed by atoms with E-state index < -0.39 is 5.97 Å². The monoisotopic (exact) mass is 235 g/mol. The predicted molar refractivity (Wildman–Crippen MR) is 63.7 cm³/mol. The minimum absolute atomic E-state index is 0.294. The van der Waals surface area contributed by atoms with Crippen LogP contribution in [0.4, 0.5) is 0 Å². The fourth-order valence-corrected chi connectivity index (χ4v) is 1.75. The second kappa shape index (κ2) is 5.57. The Morgan fingerprint density at radius 2 is 2.19 bits per heavy atom. The Hall–Kier alpha value is -1.47. The lowest BCUT2D eigenvalue weighted by atomic mass is 10.0. The van der Waals surface area contributed by atoms with Crippen molar-refractivity contribution < 1.29 is 9.53 Å². The highest BCUT2D eigenvalue weighted by Gasteiger charge is 2.16. The number of rotatable bonds is 3. The molecule has 1 aromatic carbocycles. The molecule has 84 valence electrons. The van der Waals surface area contributed by atoms with Crippen LogP contribution in [0.2, 0.25) is 0 Å². The van der Waals surface area contributed by atoms with Gasteiger partial charge >= 0.3 is 5.97 Å². The van der Waals surface area contributed by atoms with Crippen LogP contribution in [-0.2, 0) is 11.2 Å². The summed E-state index contributed by atoms with van der Waals surface area (Å²) >= 11 is 4.21. The van der Waals surface area contributed by atoms with E-state index in [2.05, 4.69) is 12.6 Å². The van der Waals surface area contributed by atoms with E-state index in [0.717, 1.165) is 5.56 Å². The molecule has 0 aliphatic heterocycles. The lowest BCUT2D eigenvalue weighted by Crippen LogP contribution is -2.08. The van der Waals surface area contributed by atoms with Gasteiger partial charge < -0.3 is 4.74 Å². The minimum Gasteiger partial charge on any atom is -0.462 e. The smallest absolute Gasteiger partial charge is 0.339 e. The van der Waals surface area contributed by atoms with Crippen molar-refractivity contribution >= 4 is 18.6 Å². The number of aryl methyl sites for hydroxylation is 1. The molecule has 4 heteroatoms. The number of hydrogen-bond acceptors (Lipinski definition) is 4. The van der Waals surface area contributed by atoms with Crippen molar-refractivity contribution in [3.8, 4) is 6.07 Å². The molecule has 1 aromatic rings. The Morgan fingerprint density at radius 3 is 2.69 bits per heavy atom. The van der Waals surface area contributed by atoms with Crippen molar-refractivity contribution in [2.24, 2.45) is 0 Å². The number of thiol groups is 1. The molecule has 0 bridgehead atoms. The largest absolute Gasteiger partial charge is 0.462 e. The minimum atomic E-state index is -0.468. The zero-order valence-electron chi connectivity index (χ0n) is 9.28.